The Morgan fingerprint density at radius 3 is 2.45 bits per heavy atom. The monoisotopic (exact) mass is 599 g/mol. The van der Waals surface area contributed by atoms with Crippen molar-refractivity contribution >= 4 is 17.3 Å². The molecule has 213 valence electrons. The molecule has 1 aliphatic heterocycles. The number of ether oxygens (including phenoxy) is 3. The smallest absolute Gasteiger partial charge is 0.507 e. The first-order valence-electron chi connectivity index (χ1n) is 12.4. The van der Waals surface area contributed by atoms with Crippen LogP contribution in [0.1, 0.15) is 68.8 Å². The molecule has 0 aromatic heterocycles. The third kappa shape index (κ3) is 4.52. The average molecular weight is 599 g/mol. The van der Waals surface area contributed by atoms with Gasteiger partial charge >= 0.3 is 17.1 Å². The van der Waals surface area contributed by atoms with Crippen LogP contribution in [-0.2, 0) is 37.8 Å². The number of phenolic OH excluding ortho intramolecular Hbond substituents is 2. The van der Waals surface area contributed by atoms with Crippen LogP contribution in [0.5, 0.6) is 17.2 Å². The van der Waals surface area contributed by atoms with Gasteiger partial charge in [-0.2, -0.15) is 0 Å². The van der Waals surface area contributed by atoms with E-state index in [0.717, 1.165) is 0 Å². The SMILES string of the molecule is COc1cccc2c1C(=O)c1c(O)c3c(c(O)c1C2=O)C[C@@](O)(C(=O)CO)C[C@@H]3O[C@@H]1C[C@@H](N)[C@@H](O)[C@@H](C)O1.[Fe+3]. The molecule has 12 nitrogen and oxygen atoms in total. The molecule has 0 saturated carbocycles. The van der Waals surface area contributed by atoms with Crippen molar-refractivity contribution in [2.75, 3.05) is 13.7 Å². The van der Waals surface area contributed by atoms with E-state index in [2.05, 4.69) is 0 Å². The summed E-state index contributed by atoms with van der Waals surface area (Å²) in [7, 11) is 1.32. The van der Waals surface area contributed by atoms with Crippen LogP contribution >= 0.6 is 0 Å². The molecule has 0 spiro atoms. The van der Waals surface area contributed by atoms with Crippen molar-refractivity contribution < 1.29 is 71.2 Å². The third-order valence-corrected chi connectivity index (χ3v) is 7.81. The van der Waals surface area contributed by atoms with Crippen LogP contribution in [0.4, 0.5) is 0 Å². The predicted octanol–water partition coefficient (Wildman–Crippen LogP) is -0.00120. The number of benzene rings is 2. The molecular weight excluding hydrogens is 570 g/mol. The van der Waals surface area contributed by atoms with Crippen molar-refractivity contribution in [1.29, 1.82) is 0 Å². The topological polar surface area (TPSA) is 206 Å². The number of methoxy groups -OCH3 is 1. The summed E-state index contributed by atoms with van der Waals surface area (Å²) in [5.41, 5.74) is 2.37. The molecule has 6 atom stereocenters. The van der Waals surface area contributed by atoms with Gasteiger partial charge in [-0.25, -0.2) is 0 Å². The van der Waals surface area contributed by atoms with E-state index >= 15 is 0 Å². The Morgan fingerprint density at radius 1 is 1.15 bits per heavy atom. The molecule has 2 aromatic rings. The van der Waals surface area contributed by atoms with Crippen molar-refractivity contribution in [1.82, 2.24) is 0 Å². The van der Waals surface area contributed by atoms with E-state index in [1.807, 2.05) is 0 Å². The maximum Gasteiger partial charge on any atom is 3.00 e. The fourth-order valence-corrected chi connectivity index (χ4v) is 5.75. The number of aliphatic hydroxyl groups excluding tert-OH is 2. The largest absolute Gasteiger partial charge is 3.00 e. The second-order valence-electron chi connectivity index (χ2n) is 10.2. The summed E-state index contributed by atoms with van der Waals surface area (Å²) in [6.45, 7) is 0.560. The summed E-state index contributed by atoms with van der Waals surface area (Å²) in [6, 6.07) is 3.64. The van der Waals surface area contributed by atoms with Gasteiger partial charge in [0, 0.05) is 42.0 Å². The van der Waals surface area contributed by atoms with Crippen LogP contribution in [0.2, 0.25) is 0 Å². The van der Waals surface area contributed by atoms with Crippen LogP contribution < -0.4 is 10.5 Å². The van der Waals surface area contributed by atoms with Crippen LogP contribution in [-0.4, -0.2) is 86.7 Å². The van der Waals surface area contributed by atoms with Crippen LogP contribution in [0.15, 0.2) is 18.2 Å². The maximum atomic E-state index is 13.6. The Kier molecular flexibility index (Phi) is 8.16. The molecule has 7 N–H and O–H groups in total. The third-order valence-electron chi connectivity index (χ3n) is 7.81. The zero-order valence-corrected chi connectivity index (χ0v) is 22.7. The average Bonchev–Trinajstić information content (AvgIpc) is 2.90. The van der Waals surface area contributed by atoms with Crippen molar-refractivity contribution in [3.05, 3.63) is 51.6 Å². The summed E-state index contributed by atoms with van der Waals surface area (Å²) in [5, 5.41) is 53.7. The minimum absolute atomic E-state index is 0. The molecular formula is C27H29FeNO11+3. The molecule has 1 fully saturated rings. The number of fused-ring (bicyclic) bond motifs is 3. The summed E-state index contributed by atoms with van der Waals surface area (Å²) in [6.07, 6.45) is -5.12. The van der Waals surface area contributed by atoms with Gasteiger partial charge < -0.3 is 45.5 Å². The predicted molar refractivity (Wildman–Crippen MR) is 132 cm³/mol. The molecule has 40 heavy (non-hydrogen) atoms. The standard InChI is InChI=1S/C27H29NO11.Fe/c1-10-22(31)13(28)6-17(38-10)39-15-8-27(36,16(30)9-29)7-12-19(15)26(35)21-20(24(12)33)23(32)11-4-3-5-14(37-2)18(11)25(21)34;/h3-5,10,13,15,17,22,29,31,33,35-36H,6-9,28H2,1-2H3;/q;+3/t10-,13-,15+,17-,22+,27+;/m1./s1. The van der Waals surface area contributed by atoms with E-state index < -0.39 is 95.7 Å². The summed E-state index contributed by atoms with van der Waals surface area (Å²) in [4.78, 5) is 39.7. The molecule has 0 amide bonds. The number of Topliss-reactive ketones (excluding diaryl/α,β-unsaturated/α-hetero) is 1. The molecule has 0 unspecified atom stereocenters. The zero-order chi connectivity index (χ0) is 28.4. The number of ketones is 3. The normalized spacial score (nSPS) is 29.1. The maximum absolute atomic E-state index is 13.6. The number of aliphatic hydroxyl groups is 3. The number of phenols is 2. The van der Waals surface area contributed by atoms with Gasteiger partial charge in [-0.05, 0) is 13.0 Å². The van der Waals surface area contributed by atoms with Gasteiger partial charge in [-0.1, -0.05) is 12.1 Å². The fraction of sp³-hybridized carbons (Fsp3) is 0.444. The number of carbonyl (C=O) groups excluding carboxylic acids is 3. The number of hydrogen-bond donors (Lipinski definition) is 6. The van der Waals surface area contributed by atoms with E-state index in [9.17, 15) is 39.9 Å². The van der Waals surface area contributed by atoms with Crippen LogP contribution in [0.3, 0.4) is 0 Å². The first-order chi connectivity index (χ1) is 18.4. The number of nitrogens with two attached hydrogens (primary N) is 1. The second-order valence-corrected chi connectivity index (χ2v) is 10.2. The van der Waals surface area contributed by atoms with Gasteiger partial charge in [0.05, 0.1) is 42.1 Å². The van der Waals surface area contributed by atoms with Gasteiger partial charge in [0.25, 0.3) is 0 Å². The molecule has 2 aliphatic carbocycles. The molecule has 2 aromatic carbocycles. The molecule has 3 aliphatic rings. The number of aromatic hydroxyl groups is 2. The quantitative estimate of drug-likeness (QED) is 0.169. The molecule has 13 heteroatoms. The molecule has 1 heterocycles. The van der Waals surface area contributed by atoms with Crippen LogP contribution in [0, 0.1) is 0 Å². The van der Waals surface area contributed by atoms with Gasteiger partial charge in [-0.15, -0.1) is 0 Å². The van der Waals surface area contributed by atoms with Gasteiger partial charge in [0.2, 0.25) is 5.78 Å². The number of hydrogen-bond acceptors (Lipinski definition) is 12. The van der Waals surface area contributed by atoms with Crippen molar-refractivity contribution in [2.24, 2.45) is 5.73 Å². The first-order valence-corrected chi connectivity index (χ1v) is 12.4. The minimum Gasteiger partial charge on any atom is -0.507 e. The minimum atomic E-state index is -2.24. The summed E-state index contributed by atoms with van der Waals surface area (Å²) >= 11 is 0. The van der Waals surface area contributed by atoms with E-state index in [1.165, 1.54) is 25.3 Å². The number of carbonyl (C=O) groups is 3. The van der Waals surface area contributed by atoms with Crippen LogP contribution in [0.25, 0.3) is 0 Å². The van der Waals surface area contributed by atoms with E-state index in [1.54, 1.807) is 6.92 Å². The Bertz CT molecular complexity index is 1380. The van der Waals surface area contributed by atoms with E-state index in [0.29, 0.717) is 0 Å². The first kappa shape index (κ1) is 30.1. The Morgan fingerprint density at radius 2 is 1.82 bits per heavy atom. The molecule has 0 bridgehead atoms. The second kappa shape index (κ2) is 10.8. The van der Waals surface area contributed by atoms with Crippen molar-refractivity contribution in [3.8, 4) is 17.2 Å². The van der Waals surface area contributed by atoms with E-state index in [-0.39, 0.29) is 51.5 Å². The zero-order valence-electron chi connectivity index (χ0n) is 21.6. The fourth-order valence-electron chi connectivity index (χ4n) is 5.75. The van der Waals surface area contributed by atoms with E-state index in [4.69, 9.17) is 19.9 Å². The van der Waals surface area contributed by atoms with Crippen molar-refractivity contribution in [2.45, 2.75) is 62.4 Å². The van der Waals surface area contributed by atoms with Crippen molar-refractivity contribution in [3.63, 3.8) is 0 Å². The molecule has 1 radical (unpaired) electrons. The summed E-state index contributed by atoms with van der Waals surface area (Å²) < 4.78 is 17.0. The summed E-state index contributed by atoms with van der Waals surface area (Å²) in [5.74, 6) is -3.77. The molecule has 1 saturated heterocycles. The Hall–Kier alpha value is -2.87. The molecule has 5 rings (SSSR count). The van der Waals surface area contributed by atoms with Gasteiger partial charge in [0.15, 0.2) is 17.9 Å². The van der Waals surface area contributed by atoms with Gasteiger partial charge in [-0.3, -0.25) is 14.4 Å². The Labute approximate surface area is 239 Å². The van der Waals surface area contributed by atoms with Gasteiger partial charge in [0.1, 0.15) is 29.5 Å². The number of rotatable bonds is 5. The Balaban J connectivity index is 0.00000370.